The molecule has 9 nitrogen and oxygen atoms in total. The zero-order valence-corrected chi connectivity index (χ0v) is 19.3. The zero-order valence-electron chi connectivity index (χ0n) is 18.5. The number of ether oxygens (including phenoxy) is 1. The molecule has 10 heteroatoms. The SMILES string of the molecule is COC(=O)c1cccc(N/C(=N/C#N)N2CCN(c3ccnc(Cl)n3)CC2C(C)C)c1C. The van der Waals surface area contributed by atoms with E-state index in [1.54, 1.807) is 18.3 Å². The van der Waals surface area contributed by atoms with Crippen LogP contribution in [-0.4, -0.2) is 59.6 Å². The van der Waals surface area contributed by atoms with Crippen LogP contribution in [0.1, 0.15) is 29.8 Å². The lowest BCUT2D eigenvalue weighted by Gasteiger charge is -2.45. The van der Waals surface area contributed by atoms with Gasteiger partial charge in [-0.1, -0.05) is 19.9 Å². The van der Waals surface area contributed by atoms with Crippen LogP contribution in [0.2, 0.25) is 5.28 Å². The summed E-state index contributed by atoms with van der Waals surface area (Å²) in [6, 6.07) is 7.21. The number of nitrogens with zero attached hydrogens (tertiary/aromatic N) is 6. The van der Waals surface area contributed by atoms with Crippen LogP contribution in [0.3, 0.4) is 0 Å². The van der Waals surface area contributed by atoms with Crippen LogP contribution in [-0.2, 0) is 4.74 Å². The van der Waals surface area contributed by atoms with Crippen molar-refractivity contribution in [3.63, 3.8) is 0 Å². The number of piperazine rings is 1. The summed E-state index contributed by atoms with van der Waals surface area (Å²) in [4.78, 5) is 28.7. The number of hydrogen-bond acceptors (Lipinski definition) is 7. The minimum Gasteiger partial charge on any atom is -0.465 e. The predicted molar refractivity (Wildman–Crippen MR) is 124 cm³/mol. The highest BCUT2D eigenvalue weighted by Crippen LogP contribution is 2.25. The van der Waals surface area contributed by atoms with Crippen LogP contribution in [0.15, 0.2) is 35.5 Å². The molecule has 1 aliphatic heterocycles. The number of hydrogen-bond donors (Lipinski definition) is 1. The molecule has 0 radical (unpaired) electrons. The average molecular weight is 456 g/mol. The maximum atomic E-state index is 12.1. The predicted octanol–water partition coefficient (Wildman–Crippen LogP) is 3.32. The van der Waals surface area contributed by atoms with Gasteiger partial charge in [0.1, 0.15) is 5.82 Å². The Morgan fingerprint density at radius 3 is 2.81 bits per heavy atom. The lowest BCUT2D eigenvalue weighted by atomic mass is 9.99. The first-order valence-corrected chi connectivity index (χ1v) is 10.6. The van der Waals surface area contributed by atoms with Gasteiger partial charge >= 0.3 is 5.97 Å². The lowest BCUT2D eigenvalue weighted by molar-refractivity contribution is 0.0600. The standard InChI is InChI=1S/C22H26ClN7O2/c1-14(2)18-12-29(19-8-9-25-21(23)28-19)10-11-30(18)22(26-13-24)27-17-7-5-6-16(15(17)3)20(31)32-4/h5-9,14,18H,10-12H2,1-4H3,(H,26,27). The normalized spacial score (nSPS) is 16.7. The Hall–Kier alpha value is -3.38. The molecule has 2 aromatic rings. The Balaban J connectivity index is 1.87. The highest BCUT2D eigenvalue weighted by molar-refractivity contribution is 6.28. The second-order valence-electron chi connectivity index (χ2n) is 7.76. The van der Waals surface area contributed by atoms with Gasteiger partial charge in [-0.15, -0.1) is 4.99 Å². The number of nitriles is 1. The molecule has 2 heterocycles. The van der Waals surface area contributed by atoms with Crippen molar-refractivity contribution in [2.75, 3.05) is 37.0 Å². The van der Waals surface area contributed by atoms with E-state index in [1.807, 2.05) is 25.2 Å². The van der Waals surface area contributed by atoms with Crippen molar-refractivity contribution in [2.24, 2.45) is 10.9 Å². The Morgan fingerprint density at radius 2 is 2.16 bits per heavy atom. The van der Waals surface area contributed by atoms with Crippen LogP contribution >= 0.6 is 11.6 Å². The molecule has 0 spiro atoms. The molecule has 1 aromatic heterocycles. The van der Waals surface area contributed by atoms with E-state index in [9.17, 15) is 10.1 Å². The molecule has 0 bridgehead atoms. The Morgan fingerprint density at radius 1 is 1.38 bits per heavy atom. The fourth-order valence-corrected chi connectivity index (χ4v) is 3.93. The molecule has 1 atom stereocenters. The molecule has 1 aromatic carbocycles. The minimum absolute atomic E-state index is 0.0567. The van der Waals surface area contributed by atoms with Gasteiger partial charge in [-0.3, -0.25) is 0 Å². The number of anilines is 2. The number of rotatable bonds is 4. The number of nitrogens with one attached hydrogen (secondary N) is 1. The van der Waals surface area contributed by atoms with E-state index >= 15 is 0 Å². The smallest absolute Gasteiger partial charge is 0.338 e. The molecule has 0 amide bonds. The first-order valence-electron chi connectivity index (χ1n) is 10.3. The van der Waals surface area contributed by atoms with Gasteiger partial charge in [-0.05, 0) is 48.2 Å². The second kappa shape index (κ2) is 10.3. The first-order chi connectivity index (χ1) is 15.3. The van der Waals surface area contributed by atoms with E-state index in [4.69, 9.17) is 16.3 Å². The van der Waals surface area contributed by atoms with Crippen LogP contribution in [0.5, 0.6) is 0 Å². The van der Waals surface area contributed by atoms with E-state index in [2.05, 4.69) is 43.9 Å². The van der Waals surface area contributed by atoms with Crippen LogP contribution in [0, 0.1) is 24.3 Å². The molecule has 1 unspecified atom stereocenters. The molecule has 1 N–H and O–H groups in total. The Kier molecular flexibility index (Phi) is 7.49. The van der Waals surface area contributed by atoms with Crippen LogP contribution in [0.25, 0.3) is 0 Å². The molecule has 3 rings (SSSR count). The molecule has 0 aliphatic carbocycles. The van der Waals surface area contributed by atoms with Crippen molar-refractivity contribution < 1.29 is 9.53 Å². The molecule has 0 saturated carbocycles. The molecular weight excluding hydrogens is 430 g/mol. The van der Waals surface area contributed by atoms with E-state index in [-0.39, 0.29) is 17.2 Å². The summed E-state index contributed by atoms with van der Waals surface area (Å²) in [7, 11) is 1.35. The fourth-order valence-electron chi connectivity index (χ4n) is 3.79. The number of benzene rings is 1. The van der Waals surface area contributed by atoms with Crippen LogP contribution in [0.4, 0.5) is 11.5 Å². The number of guanidine groups is 1. The van der Waals surface area contributed by atoms with E-state index in [0.29, 0.717) is 36.8 Å². The van der Waals surface area contributed by atoms with Gasteiger partial charge in [0.05, 0.1) is 18.7 Å². The highest BCUT2D eigenvalue weighted by Gasteiger charge is 2.32. The number of halogens is 1. The van der Waals surface area contributed by atoms with Gasteiger partial charge in [-0.2, -0.15) is 5.26 Å². The summed E-state index contributed by atoms with van der Waals surface area (Å²) >= 11 is 5.98. The maximum Gasteiger partial charge on any atom is 0.338 e. The summed E-state index contributed by atoms with van der Waals surface area (Å²) < 4.78 is 4.87. The van der Waals surface area contributed by atoms with E-state index in [0.717, 1.165) is 11.4 Å². The van der Waals surface area contributed by atoms with Gasteiger partial charge in [0, 0.05) is 31.5 Å². The van der Waals surface area contributed by atoms with E-state index in [1.165, 1.54) is 7.11 Å². The average Bonchev–Trinajstić information content (AvgIpc) is 2.79. The van der Waals surface area contributed by atoms with Gasteiger partial charge in [0.25, 0.3) is 0 Å². The number of esters is 1. The maximum absolute atomic E-state index is 12.1. The number of aliphatic imine (C=N–C) groups is 1. The second-order valence-corrected chi connectivity index (χ2v) is 8.10. The number of carbonyl (C=O) groups is 1. The monoisotopic (exact) mass is 455 g/mol. The number of carbonyl (C=O) groups excluding carboxylic acids is 1. The molecule has 32 heavy (non-hydrogen) atoms. The van der Waals surface area contributed by atoms with Crippen molar-refractivity contribution in [3.8, 4) is 6.19 Å². The Bertz CT molecular complexity index is 1050. The zero-order chi connectivity index (χ0) is 23.3. The third-order valence-electron chi connectivity index (χ3n) is 5.54. The quantitative estimate of drug-likeness (QED) is 0.246. The number of aromatic nitrogens is 2. The molecule has 1 fully saturated rings. The summed E-state index contributed by atoms with van der Waals surface area (Å²) in [5.74, 6) is 1.06. The van der Waals surface area contributed by atoms with Gasteiger partial charge in [0.15, 0.2) is 0 Å². The summed E-state index contributed by atoms with van der Waals surface area (Å²) in [5.41, 5.74) is 1.87. The fraction of sp³-hybridized carbons (Fsp3) is 0.409. The van der Waals surface area contributed by atoms with Gasteiger partial charge in [0.2, 0.25) is 17.4 Å². The molecular formula is C22H26ClN7O2. The minimum atomic E-state index is -0.415. The van der Waals surface area contributed by atoms with Crippen molar-refractivity contribution >= 4 is 35.0 Å². The molecule has 1 saturated heterocycles. The summed E-state index contributed by atoms with van der Waals surface area (Å²) in [6.07, 6.45) is 3.55. The van der Waals surface area contributed by atoms with Crippen molar-refractivity contribution in [2.45, 2.75) is 26.8 Å². The van der Waals surface area contributed by atoms with Gasteiger partial charge < -0.3 is 19.9 Å². The largest absolute Gasteiger partial charge is 0.465 e. The highest BCUT2D eigenvalue weighted by atomic mass is 35.5. The third kappa shape index (κ3) is 5.08. The van der Waals surface area contributed by atoms with Crippen molar-refractivity contribution in [1.29, 1.82) is 5.26 Å². The van der Waals surface area contributed by atoms with Crippen LogP contribution < -0.4 is 10.2 Å². The Labute approximate surface area is 192 Å². The van der Waals surface area contributed by atoms with Crippen molar-refractivity contribution in [1.82, 2.24) is 14.9 Å². The molecule has 168 valence electrons. The van der Waals surface area contributed by atoms with Gasteiger partial charge in [-0.25, -0.2) is 14.8 Å². The van der Waals surface area contributed by atoms with E-state index < -0.39 is 5.97 Å². The summed E-state index contributed by atoms with van der Waals surface area (Å²) in [6.45, 7) is 8.05. The topological polar surface area (TPSA) is 107 Å². The lowest BCUT2D eigenvalue weighted by Crippen LogP contribution is -2.58. The first kappa shape index (κ1) is 23.3. The number of methoxy groups -OCH3 is 1. The van der Waals surface area contributed by atoms with Crippen molar-refractivity contribution in [3.05, 3.63) is 46.9 Å². The third-order valence-corrected chi connectivity index (χ3v) is 5.72. The molecule has 1 aliphatic rings. The summed E-state index contributed by atoms with van der Waals surface area (Å²) in [5, 5.41) is 12.8.